The fourth-order valence-corrected chi connectivity index (χ4v) is 8.54. The summed E-state index contributed by atoms with van der Waals surface area (Å²) < 4.78 is 6.25. The predicted molar refractivity (Wildman–Crippen MR) is 148 cm³/mol. The first-order valence-electron chi connectivity index (χ1n) is 14.8. The summed E-state index contributed by atoms with van der Waals surface area (Å²) in [7, 11) is 0. The summed E-state index contributed by atoms with van der Waals surface area (Å²) in [5, 5.41) is 7.09. The number of piperidine rings is 1. The van der Waals surface area contributed by atoms with Gasteiger partial charge in [0.25, 0.3) is 0 Å². The zero-order valence-corrected chi connectivity index (χ0v) is 23.3. The number of amides is 2. The maximum Gasteiger partial charge on any atom is 0.242 e. The number of carbonyl (C=O) groups excluding carboxylic acids is 2. The van der Waals surface area contributed by atoms with Crippen LogP contribution >= 0.6 is 11.6 Å². The Morgan fingerprint density at radius 1 is 1.05 bits per heavy atom. The second kappa shape index (κ2) is 11.3. The Morgan fingerprint density at radius 3 is 2.50 bits per heavy atom. The molecule has 2 aliphatic heterocycles. The summed E-state index contributed by atoms with van der Waals surface area (Å²) in [4.78, 5) is 29.9. The number of rotatable bonds is 9. The van der Waals surface area contributed by atoms with Gasteiger partial charge in [-0.1, -0.05) is 11.6 Å². The van der Waals surface area contributed by atoms with Crippen LogP contribution in [0.1, 0.15) is 56.9 Å². The second-order valence-corrected chi connectivity index (χ2v) is 13.3. The fourth-order valence-electron chi connectivity index (χ4n) is 8.35. The standard InChI is InChI=1S/C30H43ClN4O3/c31-26-1-2-27(38-20-21-3-5-32-6-4-21)25(13-26)19-34-7-9-35(10-8-34)29(37)18-33-28(36)17-30-14-22-11-23(15-30)24(12-22)16-30/h1-2,13,21-24,32H,3-12,14-20H2,(H,33,36). The molecule has 2 N–H and O–H groups in total. The molecule has 8 heteroatoms. The summed E-state index contributed by atoms with van der Waals surface area (Å²) in [6, 6.07) is 5.90. The highest BCUT2D eigenvalue weighted by molar-refractivity contribution is 6.30. The van der Waals surface area contributed by atoms with E-state index >= 15 is 0 Å². The lowest BCUT2D eigenvalue weighted by molar-refractivity contribution is -0.135. The minimum atomic E-state index is 0.0278. The predicted octanol–water partition coefficient (Wildman–Crippen LogP) is 3.70. The van der Waals surface area contributed by atoms with Gasteiger partial charge in [0.2, 0.25) is 11.8 Å². The third-order valence-corrected chi connectivity index (χ3v) is 10.3. The van der Waals surface area contributed by atoms with Gasteiger partial charge in [-0.3, -0.25) is 14.5 Å². The van der Waals surface area contributed by atoms with Crippen molar-refractivity contribution >= 4 is 23.4 Å². The number of ether oxygens (including phenoxy) is 1. The van der Waals surface area contributed by atoms with Crippen LogP contribution in [0.25, 0.3) is 0 Å². The van der Waals surface area contributed by atoms with Crippen LogP contribution in [0.4, 0.5) is 0 Å². The number of nitrogens with one attached hydrogen (secondary N) is 2. The van der Waals surface area contributed by atoms with Crippen LogP contribution < -0.4 is 15.4 Å². The van der Waals surface area contributed by atoms with Gasteiger partial charge >= 0.3 is 0 Å². The van der Waals surface area contributed by atoms with Crippen molar-refractivity contribution in [1.29, 1.82) is 0 Å². The van der Waals surface area contributed by atoms with Gasteiger partial charge in [-0.05, 0) is 105 Å². The minimum Gasteiger partial charge on any atom is -0.493 e. The van der Waals surface area contributed by atoms with Crippen molar-refractivity contribution in [2.45, 2.75) is 57.9 Å². The van der Waals surface area contributed by atoms with E-state index in [-0.39, 0.29) is 23.8 Å². The normalized spacial score (nSPS) is 31.1. The van der Waals surface area contributed by atoms with Crippen LogP contribution in [-0.2, 0) is 16.1 Å². The summed E-state index contributed by atoms with van der Waals surface area (Å²) in [5.41, 5.74) is 1.33. The Hall–Kier alpha value is -1.83. The number of piperazine rings is 1. The lowest BCUT2D eigenvalue weighted by Crippen LogP contribution is -2.51. The van der Waals surface area contributed by atoms with Crippen LogP contribution in [0.3, 0.4) is 0 Å². The van der Waals surface area contributed by atoms with Crippen LogP contribution in [0.15, 0.2) is 18.2 Å². The van der Waals surface area contributed by atoms with E-state index in [9.17, 15) is 9.59 Å². The zero-order chi connectivity index (χ0) is 26.1. The lowest BCUT2D eigenvalue weighted by Gasteiger charge is -2.38. The van der Waals surface area contributed by atoms with Crippen LogP contribution in [0.2, 0.25) is 5.02 Å². The monoisotopic (exact) mass is 542 g/mol. The van der Waals surface area contributed by atoms with Gasteiger partial charge in [0.1, 0.15) is 5.75 Å². The quantitative estimate of drug-likeness (QED) is 0.498. The van der Waals surface area contributed by atoms with Gasteiger partial charge in [-0.15, -0.1) is 0 Å². The summed E-state index contributed by atoms with van der Waals surface area (Å²) >= 11 is 6.33. The van der Waals surface area contributed by atoms with Crippen LogP contribution in [0.5, 0.6) is 5.75 Å². The van der Waals surface area contributed by atoms with Crippen molar-refractivity contribution in [3.63, 3.8) is 0 Å². The molecule has 4 saturated carbocycles. The molecule has 208 valence electrons. The number of benzene rings is 1. The lowest BCUT2D eigenvalue weighted by atomic mass is 9.67. The molecular weight excluding hydrogens is 500 g/mol. The van der Waals surface area contributed by atoms with Crippen molar-refractivity contribution in [2.24, 2.45) is 29.1 Å². The first kappa shape index (κ1) is 26.4. The highest BCUT2D eigenvalue weighted by atomic mass is 35.5. The number of hydrogen-bond acceptors (Lipinski definition) is 5. The van der Waals surface area contributed by atoms with E-state index < -0.39 is 0 Å². The Kier molecular flexibility index (Phi) is 7.88. The first-order chi connectivity index (χ1) is 18.4. The van der Waals surface area contributed by atoms with E-state index in [1.165, 1.54) is 32.1 Å². The average molecular weight is 543 g/mol. The van der Waals surface area contributed by atoms with E-state index in [4.69, 9.17) is 16.3 Å². The van der Waals surface area contributed by atoms with E-state index in [0.29, 0.717) is 25.4 Å². The summed E-state index contributed by atoms with van der Waals surface area (Å²) in [6.07, 6.45) is 9.39. The highest BCUT2D eigenvalue weighted by Gasteiger charge is 2.56. The molecule has 2 amide bonds. The fraction of sp³-hybridized carbons (Fsp3) is 0.733. The first-order valence-corrected chi connectivity index (χ1v) is 15.2. The SMILES string of the molecule is O=C(CC12CC3CC(C1)C(C3)C2)NCC(=O)N1CCN(Cc2cc(Cl)ccc2OCC2CCNCC2)CC1. The number of nitrogens with zero attached hydrogens (tertiary/aromatic N) is 2. The molecule has 2 unspecified atom stereocenters. The van der Waals surface area contributed by atoms with E-state index in [1.807, 2.05) is 23.1 Å². The molecule has 2 heterocycles. The Morgan fingerprint density at radius 2 is 1.79 bits per heavy atom. The number of carbonyl (C=O) groups is 2. The van der Waals surface area contributed by atoms with Crippen LogP contribution in [0, 0.1) is 29.1 Å². The van der Waals surface area contributed by atoms with Gasteiger partial charge in [0.05, 0.1) is 13.2 Å². The molecule has 0 spiro atoms. The summed E-state index contributed by atoms with van der Waals surface area (Å²) in [6.45, 7) is 6.70. The third kappa shape index (κ3) is 6.00. The molecule has 0 radical (unpaired) electrons. The van der Waals surface area contributed by atoms with E-state index in [2.05, 4.69) is 15.5 Å². The Balaban J connectivity index is 0.940. The van der Waals surface area contributed by atoms with Gasteiger partial charge in [-0.25, -0.2) is 0 Å². The van der Waals surface area contributed by atoms with Gasteiger partial charge in [-0.2, -0.15) is 0 Å². The molecule has 7 nitrogen and oxygen atoms in total. The number of hydrogen-bond donors (Lipinski definition) is 2. The highest BCUT2D eigenvalue weighted by Crippen LogP contribution is 2.65. The molecule has 1 aromatic rings. The summed E-state index contributed by atoms with van der Waals surface area (Å²) in [5.74, 6) is 4.18. The second-order valence-electron chi connectivity index (χ2n) is 12.8. The molecule has 1 aromatic carbocycles. The zero-order valence-electron chi connectivity index (χ0n) is 22.6. The maximum atomic E-state index is 12.9. The van der Waals surface area contributed by atoms with Crippen molar-refractivity contribution in [3.05, 3.63) is 28.8 Å². The molecule has 38 heavy (non-hydrogen) atoms. The molecular formula is C30H43ClN4O3. The van der Waals surface area contributed by atoms with Crippen molar-refractivity contribution < 1.29 is 14.3 Å². The van der Waals surface area contributed by atoms with E-state index in [0.717, 1.165) is 86.3 Å². The van der Waals surface area contributed by atoms with Gasteiger partial charge in [0.15, 0.2) is 0 Å². The third-order valence-electron chi connectivity index (χ3n) is 10.1. The van der Waals surface area contributed by atoms with Crippen molar-refractivity contribution in [1.82, 2.24) is 20.4 Å². The van der Waals surface area contributed by atoms with Gasteiger partial charge < -0.3 is 20.3 Å². The minimum absolute atomic E-state index is 0.0278. The molecule has 7 rings (SSSR count). The molecule has 6 aliphatic rings. The maximum absolute atomic E-state index is 12.9. The Bertz CT molecular complexity index is 1000. The van der Waals surface area contributed by atoms with Crippen molar-refractivity contribution in [2.75, 3.05) is 52.4 Å². The molecule has 2 atom stereocenters. The molecule has 6 fully saturated rings. The smallest absolute Gasteiger partial charge is 0.242 e. The average Bonchev–Trinajstić information content (AvgIpc) is 3.33. The van der Waals surface area contributed by atoms with Crippen molar-refractivity contribution in [3.8, 4) is 5.75 Å². The molecule has 4 aliphatic carbocycles. The molecule has 0 aromatic heterocycles. The Labute approximate surface area is 232 Å². The number of halogens is 1. The largest absolute Gasteiger partial charge is 0.493 e. The van der Waals surface area contributed by atoms with Gasteiger partial charge in [0, 0.05) is 49.7 Å². The molecule has 4 bridgehead atoms. The topological polar surface area (TPSA) is 73.9 Å². The van der Waals surface area contributed by atoms with E-state index in [1.54, 1.807) is 0 Å². The van der Waals surface area contributed by atoms with Crippen LogP contribution in [-0.4, -0.2) is 74.0 Å². The molecule has 2 saturated heterocycles.